The van der Waals surface area contributed by atoms with Crippen molar-refractivity contribution in [1.29, 1.82) is 0 Å². The Kier molecular flexibility index (Phi) is 6.51. The summed E-state index contributed by atoms with van der Waals surface area (Å²) in [6.45, 7) is 14.1. The van der Waals surface area contributed by atoms with Crippen LogP contribution in [0.25, 0.3) is 0 Å². The molecule has 0 aromatic heterocycles. The lowest BCUT2D eigenvalue weighted by Gasteiger charge is -2.33. The molecule has 0 bridgehead atoms. The monoisotopic (exact) mass is 286 g/mol. The molecule has 0 aliphatic carbocycles. The van der Waals surface area contributed by atoms with E-state index in [2.05, 4.69) is 31.4 Å². The van der Waals surface area contributed by atoms with Gasteiger partial charge in [0.1, 0.15) is 6.04 Å². The Labute approximate surface area is 122 Å². The maximum atomic E-state index is 12.0. The van der Waals surface area contributed by atoms with Crippen molar-refractivity contribution in [1.82, 2.24) is 10.6 Å². The van der Waals surface area contributed by atoms with Crippen molar-refractivity contribution in [2.45, 2.75) is 72.9 Å². The van der Waals surface area contributed by atoms with Gasteiger partial charge in [-0.25, -0.2) is 9.59 Å². The Morgan fingerprint density at radius 1 is 1.10 bits per heavy atom. The van der Waals surface area contributed by atoms with Crippen LogP contribution in [0, 0.1) is 11.3 Å². The second kappa shape index (κ2) is 6.95. The number of carbonyl (C=O) groups excluding carboxylic acids is 1. The molecule has 5 nitrogen and oxygen atoms in total. The minimum Gasteiger partial charge on any atom is -0.480 e. The molecule has 5 heteroatoms. The SMILES string of the molecule is CC(C)C[C@@H](NC(=O)NC(C)(C)CC(C)(C)C)C(=O)O. The van der Waals surface area contributed by atoms with E-state index >= 15 is 0 Å². The number of carbonyl (C=O) groups is 2. The third kappa shape index (κ3) is 8.77. The van der Waals surface area contributed by atoms with E-state index in [1.54, 1.807) is 0 Å². The Hall–Kier alpha value is -1.26. The number of carboxylic acids is 1. The molecule has 0 unspecified atom stereocenters. The van der Waals surface area contributed by atoms with Gasteiger partial charge in [-0.3, -0.25) is 0 Å². The van der Waals surface area contributed by atoms with Crippen LogP contribution in [-0.2, 0) is 4.79 Å². The van der Waals surface area contributed by atoms with E-state index in [-0.39, 0.29) is 16.9 Å². The quantitative estimate of drug-likeness (QED) is 0.702. The minimum atomic E-state index is -0.998. The molecule has 0 fully saturated rings. The van der Waals surface area contributed by atoms with E-state index in [0.29, 0.717) is 6.42 Å². The number of nitrogens with one attached hydrogen (secondary N) is 2. The Morgan fingerprint density at radius 2 is 1.60 bits per heavy atom. The lowest BCUT2D eigenvalue weighted by Crippen LogP contribution is -2.54. The molecule has 1 atom stereocenters. The molecule has 0 saturated heterocycles. The number of rotatable bonds is 6. The van der Waals surface area contributed by atoms with Gasteiger partial charge in [-0.1, -0.05) is 34.6 Å². The molecule has 0 radical (unpaired) electrons. The summed E-state index contributed by atoms with van der Waals surface area (Å²) in [4.78, 5) is 23.1. The van der Waals surface area contributed by atoms with Crippen molar-refractivity contribution < 1.29 is 14.7 Å². The average molecular weight is 286 g/mol. The molecular formula is C15H30N2O3. The van der Waals surface area contributed by atoms with E-state index in [1.807, 2.05) is 27.7 Å². The zero-order chi connectivity index (χ0) is 16.1. The highest BCUT2D eigenvalue weighted by molar-refractivity contribution is 5.82. The standard InChI is InChI=1S/C15H30N2O3/c1-10(2)8-11(12(18)19)16-13(20)17-15(6,7)9-14(3,4)5/h10-11H,8-9H2,1-7H3,(H,18,19)(H2,16,17,20)/t11-/m1/s1. The van der Waals surface area contributed by atoms with Crippen LogP contribution in [0.5, 0.6) is 0 Å². The first-order valence-electron chi connectivity index (χ1n) is 7.14. The van der Waals surface area contributed by atoms with Gasteiger partial charge in [0, 0.05) is 5.54 Å². The predicted molar refractivity (Wildman–Crippen MR) is 80.7 cm³/mol. The van der Waals surface area contributed by atoms with E-state index in [4.69, 9.17) is 5.11 Å². The van der Waals surface area contributed by atoms with Crippen molar-refractivity contribution in [2.75, 3.05) is 0 Å². The highest BCUT2D eigenvalue weighted by Gasteiger charge is 2.28. The van der Waals surface area contributed by atoms with Gasteiger partial charge in [0.05, 0.1) is 0 Å². The fraction of sp³-hybridized carbons (Fsp3) is 0.867. The second-order valence-corrected chi connectivity index (χ2v) is 7.74. The summed E-state index contributed by atoms with van der Waals surface area (Å²) in [6, 6.07) is -1.27. The first-order valence-corrected chi connectivity index (χ1v) is 7.14. The summed E-state index contributed by atoms with van der Waals surface area (Å²) in [5, 5.41) is 14.5. The number of carboxylic acid groups (broad SMARTS) is 1. The molecule has 0 aliphatic heterocycles. The van der Waals surface area contributed by atoms with Gasteiger partial charge in [-0.2, -0.15) is 0 Å². The van der Waals surface area contributed by atoms with E-state index < -0.39 is 18.0 Å². The van der Waals surface area contributed by atoms with Crippen LogP contribution in [0.1, 0.15) is 61.3 Å². The van der Waals surface area contributed by atoms with Crippen molar-refractivity contribution in [3.8, 4) is 0 Å². The maximum absolute atomic E-state index is 12.0. The highest BCUT2D eigenvalue weighted by Crippen LogP contribution is 2.26. The van der Waals surface area contributed by atoms with Crippen molar-refractivity contribution in [3.63, 3.8) is 0 Å². The molecule has 118 valence electrons. The Morgan fingerprint density at radius 3 is 1.95 bits per heavy atom. The summed E-state index contributed by atoms with van der Waals surface area (Å²) >= 11 is 0. The van der Waals surface area contributed by atoms with Crippen LogP contribution >= 0.6 is 0 Å². The topological polar surface area (TPSA) is 78.4 Å². The second-order valence-electron chi connectivity index (χ2n) is 7.74. The largest absolute Gasteiger partial charge is 0.480 e. The van der Waals surface area contributed by atoms with Gasteiger partial charge in [-0.15, -0.1) is 0 Å². The van der Waals surface area contributed by atoms with E-state index in [0.717, 1.165) is 6.42 Å². The fourth-order valence-electron chi connectivity index (χ4n) is 2.56. The van der Waals surface area contributed by atoms with Crippen LogP contribution in [-0.4, -0.2) is 28.7 Å². The van der Waals surface area contributed by atoms with Crippen LogP contribution in [0.15, 0.2) is 0 Å². The molecule has 0 heterocycles. The summed E-state index contributed by atoms with van der Waals surface area (Å²) in [5.74, 6) is -0.790. The maximum Gasteiger partial charge on any atom is 0.326 e. The van der Waals surface area contributed by atoms with Gasteiger partial charge >= 0.3 is 12.0 Å². The van der Waals surface area contributed by atoms with Crippen LogP contribution in [0.2, 0.25) is 0 Å². The molecule has 0 saturated carbocycles. The predicted octanol–water partition coefficient (Wildman–Crippen LogP) is 3.00. The van der Waals surface area contributed by atoms with Gasteiger partial charge < -0.3 is 15.7 Å². The van der Waals surface area contributed by atoms with Crippen LogP contribution in [0.4, 0.5) is 4.79 Å². The van der Waals surface area contributed by atoms with Gasteiger partial charge in [0.2, 0.25) is 0 Å². The van der Waals surface area contributed by atoms with Gasteiger partial charge in [0.15, 0.2) is 0 Å². The van der Waals surface area contributed by atoms with Crippen molar-refractivity contribution >= 4 is 12.0 Å². The summed E-state index contributed by atoms with van der Waals surface area (Å²) in [7, 11) is 0. The van der Waals surface area contributed by atoms with Crippen LogP contribution in [0.3, 0.4) is 0 Å². The molecule has 0 spiro atoms. The molecule has 0 rings (SSSR count). The molecule has 3 N–H and O–H groups in total. The lowest BCUT2D eigenvalue weighted by atomic mass is 9.82. The van der Waals surface area contributed by atoms with E-state index in [9.17, 15) is 9.59 Å². The first-order chi connectivity index (χ1) is 8.82. The fourth-order valence-corrected chi connectivity index (χ4v) is 2.56. The summed E-state index contributed by atoms with van der Waals surface area (Å²) in [6.07, 6.45) is 1.22. The lowest BCUT2D eigenvalue weighted by molar-refractivity contribution is -0.139. The Balaban J connectivity index is 4.56. The Bertz CT molecular complexity index is 344. The zero-order valence-corrected chi connectivity index (χ0v) is 13.8. The number of aliphatic carboxylic acids is 1. The highest BCUT2D eigenvalue weighted by atomic mass is 16.4. The average Bonchev–Trinajstić information content (AvgIpc) is 2.09. The van der Waals surface area contributed by atoms with Crippen molar-refractivity contribution in [3.05, 3.63) is 0 Å². The van der Waals surface area contributed by atoms with Crippen LogP contribution < -0.4 is 10.6 Å². The number of hydrogen-bond donors (Lipinski definition) is 3. The molecule has 0 aliphatic rings. The molecule has 2 amide bonds. The zero-order valence-electron chi connectivity index (χ0n) is 13.8. The molecular weight excluding hydrogens is 256 g/mol. The molecule has 0 aromatic rings. The third-order valence-corrected chi connectivity index (χ3v) is 2.73. The van der Waals surface area contributed by atoms with Gasteiger partial charge in [-0.05, 0) is 38.0 Å². The number of urea groups is 1. The summed E-state index contributed by atoms with van der Waals surface area (Å²) < 4.78 is 0. The van der Waals surface area contributed by atoms with Crippen molar-refractivity contribution in [2.24, 2.45) is 11.3 Å². The minimum absolute atomic E-state index is 0.0842. The normalized spacial score (nSPS) is 14.0. The molecule has 20 heavy (non-hydrogen) atoms. The third-order valence-electron chi connectivity index (χ3n) is 2.73. The summed E-state index contributed by atoms with van der Waals surface area (Å²) in [5.41, 5.74) is -0.301. The number of amides is 2. The smallest absolute Gasteiger partial charge is 0.326 e. The van der Waals surface area contributed by atoms with E-state index in [1.165, 1.54) is 0 Å². The molecule has 0 aromatic carbocycles. The first kappa shape index (κ1) is 18.7. The van der Waals surface area contributed by atoms with Gasteiger partial charge in [0.25, 0.3) is 0 Å². The number of hydrogen-bond acceptors (Lipinski definition) is 2.